The summed E-state index contributed by atoms with van der Waals surface area (Å²) < 4.78 is 0. The van der Waals surface area contributed by atoms with E-state index in [2.05, 4.69) is 33.8 Å². The Morgan fingerprint density at radius 2 is 1.46 bits per heavy atom. The number of fused-ring (bicyclic) bond motifs is 1. The average Bonchev–Trinajstić information content (AvgIpc) is 2.58. The van der Waals surface area contributed by atoms with Crippen molar-refractivity contribution in [3.05, 3.63) is 34.9 Å². The van der Waals surface area contributed by atoms with Crippen LogP contribution >= 0.6 is 0 Å². The molecule has 1 aromatic rings. The first kappa shape index (κ1) is 21.7. The number of Topliss-reactive ketones (excluding diaryl/α,β-unsaturated/α-hetero) is 1. The fourth-order valence-corrected chi connectivity index (χ4v) is 4.68. The zero-order valence-electron chi connectivity index (χ0n) is 16.9. The molecule has 0 amide bonds. The molecule has 0 N–H and O–H groups in total. The molecule has 0 aliphatic heterocycles. The molecule has 4 heteroatoms. The van der Waals surface area contributed by atoms with Crippen LogP contribution in [0.2, 0.25) is 0 Å². The van der Waals surface area contributed by atoms with E-state index in [1.165, 1.54) is 11.1 Å². The van der Waals surface area contributed by atoms with Gasteiger partial charge < -0.3 is 9.90 Å². The largest absolute Gasteiger partial charge is 1.00 e. The standard InChI is InChI=1S/C22H30O3.Na/c1-21(2)11-12-22(3,4)18-13-14(9-10-17(18)21)19(23)15-7-5-6-8-16(15)20(24)25;/h9-10,13,15-16H,5-8,11-12H2,1-4H3,(H,24,25);/q;+1/p-1. The Morgan fingerprint density at radius 1 is 0.923 bits per heavy atom. The summed E-state index contributed by atoms with van der Waals surface area (Å²) in [7, 11) is 0. The number of hydrogen-bond donors (Lipinski definition) is 0. The minimum Gasteiger partial charge on any atom is -0.550 e. The molecule has 2 aliphatic rings. The van der Waals surface area contributed by atoms with E-state index in [4.69, 9.17) is 0 Å². The van der Waals surface area contributed by atoms with E-state index in [1.54, 1.807) is 0 Å². The molecule has 2 unspecified atom stereocenters. The number of carbonyl (C=O) groups excluding carboxylic acids is 2. The number of carboxylic acid groups (broad SMARTS) is 1. The van der Waals surface area contributed by atoms with Crippen LogP contribution in [0, 0.1) is 11.8 Å². The van der Waals surface area contributed by atoms with Crippen molar-refractivity contribution in [2.24, 2.45) is 11.8 Å². The molecule has 0 saturated heterocycles. The molecule has 26 heavy (non-hydrogen) atoms. The van der Waals surface area contributed by atoms with Crippen molar-refractivity contribution in [2.75, 3.05) is 0 Å². The molecule has 2 aliphatic carbocycles. The molecule has 1 aromatic carbocycles. The van der Waals surface area contributed by atoms with E-state index in [1.807, 2.05) is 12.1 Å². The van der Waals surface area contributed by atoms with Gasteiger partial charge in [-0.2, -0.15) is 0 Å². The van der Waals surface area contributed by atoms with Crippen molar-refractivity contribution in [3.63, 3.8) is 0 Å². The summed E-state index contributed by atoms with van der Waals surface area (Å²) in [6.07, 6.45) is 5.23. The second-order valence-corrected chi connectivity index (χ2v) is 9.21. The van der Waals surface area contributed by atoms with E-state index in [0.29, 0.717) is 18.4 Å². The first-order chi connectivity index (χ1) is 11.6. The van der Waals surface area contributed by atoms with Crippen LogP contribution in [0.1, 0.15) is 87.7 Å². The number of rotatable bonds is 3. The van der Waals surface area contributed by atoms with Crippen LogP contribution in [0.3, 0.4) is 0 Å². The van der Waals surface area contributed by atoms with Crippen LogP contribution in [0.15, 0.2) is 18.2 Å². The van der Waals surface area contributed by atoms with Gasteiger partial charge in [0.05, 0.1) is 0 Å². The molecule has 3 rings (SSSR count). The third-order valence-electron chi connectivity index (χ3n) is 6.54. The van der Waals surface area contributed by atoms with E-state index in [-0.39, 0.29) is 46.2 Å². The van der Waals surface area contributed by atoms with Crippen molar-refractivity contribution >= 4 is 11.8 Å². The van der Waals surface area contributed by atoms with Gasteiger partial charge in [-0.1, -0.05) is 52.7 Å². The number of aliphatic carboxylic acids is 1. The van der Waals surface area contributed by atoms with E-state index in [9.17, 15) is 14.7 Å². The summed E-state index contributed by atoms with van der Waals surface area (Å²) in [5.74, 6) is -2.16. The second-order valence-electron chi connectivity index (χ2n) is 9.21. The predicted molar refractivity (Wildman–Crippen MR) is 96.5 cm³/mol. The third kappa shape index (κ3) is 3.95. The summed E-state index contributed by atoms with van der Waals surface area (Å²) in [6.45, 7) is 8.99. The molecule has 0 aromatic heterocycles. The van der Waals surface area contributed by atoms with Crippen molar-refractivity contribution in [1.82, 2.24) is 0 Å². The molecule has 1 fully saturated rings. The molecule has 136 valence electrons. The van der Waals surface area contributed by atoms with Crippen molar-refractivity contribution < 1.29 is 44.3 Å². The normalized spacial score (nSPS) is 26.3. The Balaban J connectivity index is 0.00000243. The molecule has 0 radical (unpaired) electrons. The third-order valence-corrected chi connectivity index (χ3v) is 6.54. The number of carbonyl (C=O) groups is 2. The first-order valence-electron chi connectivity index (χ1n) is 9.53. The maximum atomic E-state index is 13.1. The number of carboxylic acids is 1. The maximum Gasteiger partial charge on any atom is 1.00 e. The predicted octanol–water partition coefficient (Wildman–Crippen LogP) is 0.779. The van der Waals surface area contributed by atoms with Crippen LogP contribution in [0.4, 0.5) is 0 Å². The Bertz CT molecular complexity index is 705. The van der Waals surface area contributed by atoms with Gasteiger partial charge in [-0.15, -0.1) is 0 Å². The van der Waals surface area contributed by atoms with Crippen LogP contribution in [0.25, 0.3) is 0 Å². The van der Waals surface area contributed by atoms with Gasteiger partial charge in [-0.3, -0.25) is 4.79 Å². The van der Waals surface area contributed by atoms with Gasteiger partial charge in [0.25, 0.3) is 0 Å². The molecule has 0 spiro atoms. The van der Waals surface area contributed by atoms with Gasteiger partial charge in [0.2, 0.25) is 0 Å². The molecular formula is C22H29NaO3. The van der Waals surface area contributed by atoms with E-state index < -0.39 is 17.8 Å². The molecule has 1 saturated carbocycles. The van der Waals surface area contributed by atoms with Gasteiger partial charge in [-0.25, -0.2) is 0 Å². The fraction of sp³-hybridized carbons (Fsp3) is 0.636. The van der Waals surface area contributed by atoms with Crippen LogP contribution in [0.5, 0.6) is 0 Å². The summed E-state index contributed by atoms with van der Waals surface area (Å²) in [6, 6.07) is 6.05. The van der Waals surface area contributed by atoms with Crippen LogP contribution in [-0.4, -0.2) is 11.8 Å². The second kappa shape index (κ2) is 7.77. The van der Waals surface area contributed by atoms with Gasteiger partial charge in [0.1, 0.15) is 0 Å². The Hall–Kier alpha value is -0.640. The summed E-state index contributed by atoms with van der Waals surface area (Å²) >= 11 is 0. The number of ketones is 1. The van der Waals surface area contributed by atoms with Gasteiger partial charge in [0, 0.05) is 23.4 Å². The summed E-state index contributed by atoms with van der Waals surface area (Å²) in [4.78, 5) is 24.5. The molecule has 2 atom stereocenters. The molecule has 0 heterocycles. The fourth-order valence-electron chi connectivity index (χ4n) is 4.68. The average molecular weight is 364 g/mol. The smallest absolute Gasteiger partial charge is 0.550 e. The number of hydrogen-bond acceptors (Lipinski definition) is 3. The van der Waals surface area contributed by atoms with Crippen molar-refractivity contribution in [3.8, 4) is 0 Å². The zero-order valence-corrected chi connectivity index (χ0v) is 18.9. The SMILES string of the molecule is CC1(C)CCC(C)(C)c2cc(C(=O)C3CCCCC3C(=O)[O-])ccc21.[Na+]. The molecule has 0 bridgehead atoms. The topological polar surface area (TPSA) is 57.2 Å². The van der Waals surface area contributed by atoms with E-state index >= 15 is 0 Å². The number of benzene rings is 1. The maximum absolute atomic E-state index is 13.1. The van der Waals surface area contributed by atoms with Crippen molar-refractivity contribution in [2.45, 2.75) is 77.0 Å². The van der Waals surface area contributed by atoms with Crippen LogP contribution in [-0.2, 0) is 15.6 Å². The first-order valence-corrected chi connectivity index (χ1v) is 9.53. The molecular weight excluding hydrogens is 335 g/mol. The summed E-state index contributed by atoms with van der Waals surface area (Å²) in [5.41, 5.74) is 3.39. The minimum atomic E-state index is -1.07. The Kier molecular flexibility index (Phi) is 6.47. The van der Waals surface area contributed by atoms with E-state index in [0.717, 1.165) is 25.7 Å². The van der Waals surface area contributed by atoms with Crippen LogP contribution < -0.4 is 34.7 Å². The minimum absolute atomic E-state index is 0. The van der Waals surface area contributed by atoms with Crippen molar-refractivity contribution in [1.29, 1.82) is 0 Å². The molecule has 3 nitrogen and oxygen atoms in total. The Labute approximate surface area is 179 Å². The quantitative estimate of drug-likeness (QED) is 0.588. The monoisotopic (exact) mass is 364 g/mol. The summed E-state index contributed by atoms with van der Waals surface area (Å²) in [5, 5.41) is 11.5. The van der Waals surface area contributed by atoms with Gasteiger partial charge >= 0.3 is 29.6 Å². The van der Waals surface area contributed by atoms with Gasteiger partial charge in [-0.05, 0) is 53.7 Å². The zero-order chi connectivity index (χ0) is 18.4. The van der Waals surface area contributed by atoms with Gasteiger partial charge in [0.15, 0.2) is 5.78 Å². The Morgan fingerprint density at radius 3 is 2.04 bits per heavy atom.